The van der Waals surface area contributed by atoms with Crippen LogP contribution < -0.4 is 11.5 Å². The molecule has 0 aliphatic heterocycles. The lowest BCUT2D eigenvalue weighted by atomic mass is 10.1. The molecule has 0 aromatic carbocycles. The predicted octanol–water partition coefficient (Wildman–Crippen LogP) is 2.06. The summed E-state index contributed by atoms with van der Waals surface area (Å²) in [6, 6.07) is 0. The Morgan fingerprint density at radius 3 is 2.62 bits per heavy atom. The van der Waals surface area contributed by atoms with Gasteiger partial charge in [0.05, 0.1) is 5.70 Å². The first-order chi connectivity index (χ1) is 6.03. The van der Waals surface area contributed by atoms with Crippen molar-refractivity contribution in [3.63, 3.8) is 0 Å². The van der Waals surface area contributed by atoms with Gasteiger partial charge in [0, 0.05) is 16.4 Å². The standard InChI is InChI=1S/C8H13ClN2S2/c1-12-6-3-5(9)4-8(11,13-2)7(6)10/h3H,4,10-11H2,1-2H3. The van der Waals surface area contributed by atoms with Crippen LogP contribution in [0.1, 0.15) is 6.42 Å². The molecule has 0 aromatic rings. The van der Waals surface area contributed by atoms with Crippen LogP contribution in [0.5, 0.6) is 0 Å². The Morgan fingerprint density at radius 1 is 1.54 bits per heavy atom. The molecule has 13 heavy (non-hydrogen) atoms. The third-order valence-corrected chi connectivity index (χ3v) is 4.14. The SMILES string of the molecule is CSC1=C(N)C(N)(SC)CC(Cl)=C1. The van der Waals surface area contributed by atoms with Gasteiger partial charge in [0.2, 0.25) is 0 Å². The molecular formula is C8H13ClN2S2. The van der Waals surface area contributed by atoms with Crippen molar-refractivity contribution in [3.8, 4) is 0 Å². The molecule has 0 bridgehead atoms. The molecule has 1 atom stereocenters. The normalized spacial score (nSPS) is 29.1. The average molecular weight is 237 g/mol. The molecule has 0 fully saturated rings. The summed E-state index contributed by atoms with van der Waals surface area (Å²) in [5, 5.41) is 0.774. The Kier molecular flexibility index (Phi) is 3.63. The summed E-state index contributed by atoms with van der Waals surface area (Å²) in [5.74, 6) is 0. The Labute approximate surface area is 92.1 Å². The highest BCUT2D eigenvalue weighted by Crippen LogP contribution is 2.39. The molecule has 0 radical (unpaired) electrons. The van der Waals surface area contributed by atoms with Crippen molar-refractivity contribution in [2.75, 3.05) is 12.5 Å². The third-order valence-electron chi connectivity index (χ3n) is 2.02. The highest BCUT2D eigenvalue weighted by molar-refractivity contribution is 8.03. The maximum Gasteiger partial charge on any atom is 0.108 e. The Balaban J connectivity index is 3.09. The summed E-state index contributed by atoms with van der Waals surface area (Å²) < 4.78 is 0. The van der Waals surface area contributed by atoms with Crippen molar-refractivity contribution in [1.29, 1.82) is 0 Å². The van der Waals surface area contributed by atoms with Crippen molar-refractivity contribution < 1.29 is 0 Å². The van der Waals surface area contributed by atoms with Crippen LogP contribution in [0.25, 0.3) is 0 Å². The van der Waals surface area contributed by atoms with Gasteiger partial charge in [-0.2, -0.15) is 0 Å². The molecule has 1 aliphatic carbocycles. The van der Waals surface area contributed by atoms with Crippen molar-refractivity contribution in [2.45, 2.75) is 11.3 Å². The minimum atomic E-state index is -0.524. The van der Waals surface area contributed by atoms with E-state index in [-0.39, 0.29) is 0 Å². The Morgan fingerprint density at radius 2 is 2.15 bits per heavy atom. The summed E-state index contributed by atoms with van der Waals surface area (Å²) in [7, 11) is 0. The quantitative estimate of drug-likeness (QED) is 0.721. The summed E-state index contributed by atoms with van der Waals surface area (Å²) in [5.41, 5.74) is 12.8. The monoisotopic (exact) mass is 236 g/mol. The number of halogens is 1. The van der Waals surface area contributed by atoms with Gasteiger partial charge in [0.25, 0.3) is 0 Å². The topological polar surface area (TPSA) is 52.0 Å². The van der Waals surface area contributed by atoms with Gasteiger partial charge in [0.15, 0.2) is 0 Å². The van der Waals surface area contributed by atoms with Crippen LogP contribution in [0.3, 0.4) is 0 Å². The molecule has 0 amide bonds. The highest BCUT2D eigenvalue weighted by Gasteiger charge is 2.32. The molecule has 0 saturated heterocycles. The molecule has 0 heterocycles. The van der Waals surface area contributed by atoms with Gasteiger partial charge < -0.3 is 11.5 Å². The number of nitrogens with two attached hydrogens (primary N) is 2. The molecule has 74 valence electrons. The fourth-order valence-electron chi connectivity index (χ4n) is 1.18. The molecule has 4 N–H and O–H groups in total. The van der Waals surface area contributed by atoms with E-state index in [0.717, 1.165) is 15.6 Å². The second-order valence-corrected chi connectivity index (χ2v) is 5.31. The number of allylic oxidation sites excluding steroid dienone is 1. The van der Waals surface area contributed by atoms with Crippen molar-refractivity contribution >= 4 is 35.1 Å². The van der Waals surface area contributed by atoms with E-state index < -0.39 is 4.87 Å². The first kappa shape index (κ1) is 11.3. The van der Waals surface area contributed by atoms with E-state index in [2.05, 4.69) is 0 Å². The lowest BCUT2D eigenvalue weighted by Gasteiger charge is -2.32. The van der Waals surface area contributed by atoms with E-state index in [1.165, 1.54) is 11.8 Å². The van der Waals surface area contributed by atoms with Crippen LogP contribution in [0, 0.1) is 0 Å². The van der Waals surface area contributed by atoms with Crippen LogP contribution in [0.4, 0.5) is 0 Å². The molecular weight excluding hydrogens is 224 g/mol. The van der Waals surface area contributed by atoms with Crippen molar-refractivity contribution in [3.05, 3.63) is 21.7 Å². The highest BCUT2D eigenvalue weighted by atomic mass is 35.5. The maximum absolute atomic E-state index is 6.10. The maximum atomic E-state index is 6.10. The molecule has 0 aromatic heterocycles. The van der Waals surface area contributed by atoms with E-state index in [1.54, 1.807) is 11.8 Å². The minimum Gasteiger partial charge on any atom is -0.399 e. The zero-order chi connectivity index (χ0) is 10.1. The lowest BCUT2D eigenvalue weighted by Crippen LogP contribution is -2.43. The smallest absolute Gasteiger partial charge is 0.108 e. The summed E-state index contributed by atoms with van der Waals surface area (Å²) >= 11 is 9.09. The van der Waals surface area contributed by atoms with E-state index in [4.69, 9.17) is 23.1 Å². The first-order valence-electron chi connectivity index (χ1n) is 3.78. The fraction of sp³-hybridized carbons (Fsp3) is 0.500. The average Bonchev–Trinajstić information content (AvgIpc) is 2.11. The van der Waals surface area contributed by atoms with Crippen molar-refractivity contribution in [1.82, 2.24) is 0 Å². The predicted molar refractivity (Wildman–Crippen MR) is 63.7 cm³/mol. The van der Waals surface area contributed by atoms with Gasteiger partial charge >= 0.3 is 0 Å². The molecule has 1 aliphatic rings. The summed E-state index contributed by atoms with van der Waals surface area (Å²) in [4.78, 5) is 0.456. The fourth-order valence-corrected chi connectivity index (χ4v) is 3.00. The van der Waals surface area contributed by atoms with Gasteiger partial charge in [-0.1, -0.05) is 11.6 Å². The van der Waals surface area contributed by atoms with Gasteiger partial charge in [0.1, 0.15) is 4.87 Å². The van der Waals surface area contributed by atoms with Crippen LogP contribution in [0.2, 0.25) is 0 Å². The van der Waals surface area contributed by atoms with Gasteiger partial charge in [-0.05, 0) is 18.6 Å². The number of hydrogen-bond acceptors (Lipinski definition) is 4. The zero-order valence-electron chi connectivity index (χ0n) is 7.63. The minimum absolute atomic E-state index is 0.524. The summed E-state index contributed by atoms with van der Waals surface area (Å²) in [6.45, 7) is 0. The van der Waals surface area contributed by atoms with Crippen molar-refractivity contribution in [2.24, 2.45) is 11.5 Å². The van der Waals surface area contributed by atoms with E-state index in [9.17, 15) is 0 Å². The number of rotatable bonds is 2. The largest absolute Gasteiger partial charge is 0.399 e. The lowest BCUT2D eigenvalue weighted by molar-refractivity contribution is 0.693. The van der Waals surface area contributed by atoms with Crippen LogP contribution in [0.15, 0.2) is 21.7 Å². The molecule has 0 spiro atoms. The summed E-state index contributed by atoms with van der Waals surface area (Å²) in [6.07, 6.45) is 6.42. The van der Waals surface area contributed by atoms with Gasteiger partial charge in [-0.25, -0.2) is 0 Å². The first-order valence-corrected chi connectivity index (χ1v) is 6.60. The zero-order valence-corrected chi connectivity index (χ0v) is 10.0. The molecule has 2 nitrogen and oxygen atoms in total. The number of thioether (sulfide) groups is 2. The molecule has 1 rings (SSSR count). The van der Waals surface area contributed by atoms with Crippen LogP contribution in [-0.4, -0.2) is 17.4 Å². The Hall–Kier alpha value is 0.230. The third kappa shape index (κ3) is 2.18. The molecule has 1 unspecified atom stereocenters. The van der Waals surface area contributed by atoms with Gasteiger partial charge in [-0.15, -0.1) is 23.5 Å². The van der Waals surface area contributed by atoms with E-state index in [0.29, 0.717) is 6.42 Å². The van der Waals surface area contributed by atoms with Crippen LogP contribution in [-0.2, 0) is 0 Å². The molecule has 5 heteroatoms. The van der Waals surface area contributed by atoms with Crippen LogP contribution >= 0.6 is 35.1 Å². The number of hydrogen-bond donors (Lipinski definition) is 2. The van der Waals surface area contributed by atoms with E-state index >= 15 is 0 Å². The molecule has 0 saturated carbocycles. The Bertz CT molecular complexity index is 275. The van der Waals surface area contributed by atoms with Gasteiger partial charge in [-0.3, -0.25) is 0 Å². The second-order valence-electron chi connectivity index (χ2n) is 2.84. The second kappa shape index (κ2) is 4.17. The van der Waals surface area contributed by atoms with E-state index in [1.807, 2.05) is 18.6 Å².